The number of benzene rings is 1. The van der Waals surface area contributed by atoms with Crippen LogP contribution in [0.4, 0.5) is 19.4 Å². The van der Waals surface area contributed by atoms with Crippen molar-refractivity contribution in [3.63, 3.8) is 0 Å². The van der Waals surface area contributed by atoms with Gasteiger partial charge in [0.1, 0.15) is 4.90 Å². The van der Waals surface area contributed by atoms with Crippen molar-refractivity contribution >= 4 is 10.2 Å². The summed E-state index contributed by atoms with van der Waals surface area (Å²) >= 11 is 0. The molecule has 0 saturated heterocycles. The van der Waals surface area contributed by atoms with E-state index in [1.54, 1.807) is 0 Å². The number of hydrogen-bond acceptors (Lipinski definition) is 0. The molecule has 2 fully saturated rings. The molecule has 0 amide bonds. The van der Waals surface area contributed by atoms with Crippen LogP contribution in [-0.2, 0) is 0 Å². The van der Waals surface area contributed by atoms with Crippen LogP contribution in [0.25, 0.3) is 0 Å². The van der Waals surface area contributed by atoms with Crippen LogP contribution in [0, 0.1) is 17.8 Å². The van der Waals surface area contributed by atoms with Gasteiger partial charge >= 0.3 is 10.2 Å². The quantitative estimate of drug-likeness (QED) is 0.446. The highest BCUT2D eigenvalue weighted by atomic mass is 32.5. The van der Waals surface area contributed by atoms with Crippen LogP contribution >= 0.6 is 10.2 Å². The van der Waals surface area contributed by atoms with Crippen molar-refractivity contribution in [1.82, 2.24) is 0 Å². The Balaban J connectivity index is 1.57. The van der Waals surface area contributed by atoms with Crippen LogP contribution in [0.15, 0.2) is 29.2 Å². The Kier molecular flexibility index (Phi) is 4.90. The van der Waals surface area contributed by atoms with E-state index in [2.05, 4.69) is 6.92 Å². The van der Waals surface area contributed by atoms with Crippen molar-refractivity contribution in [2.24, 2.45) is 17.8 Å². The first kappa shape index (κ1) is 20.0. The molecule has 1 aromatic carbocycles. The molecular weight excluding hydrogens is 367 g/mol. The highest BCUT2D eigenvalue weighted by Crippen LogP contribution is 3.02. The normalized spacial score (nSPS) is 33.3. The third kappa shape index (κ3) is 4.73. The lowest BCUT2D eigenvalue weighted by Gasteiger charge is -2.41. The highest BCUT2D eigenvalue weighted by Gasteiger charge is 2.65. The van der Waals surface area contributed by atoms with Gasteiger partial charge in [-0.05, 0) is 79.9 Å². The van der Waals surface area contributed by atoms with E-state index in [1.807, 2.05) is 0 Å². The van der Waals surface area contributed by atoms with Crippen molar-refractivity contribution in [3.8, 4) is 0 Å². The molecule has 0 N–H and O–H groups in total. The molecule has 26 heavy (non-hydrogen) atoms. The van der Waals surface area contributed by atoms with Gasteiger partial charge in [0.15, 0.2) is 0 Å². The van der Waals surface area contributed by atoms with Crippen LogP contribution in [-0.4, -0.2) is 0 Å². The summed E-state index contributed by atoms with van der Waals surface area (Å²) in [6.07, 6.45) is 10.7. The molecule has 2 saturated carbocycles. The average molecular weight is 397 g/mol. The number of halogens is 5. The van der Waals surface area contributed by atoms with Crippen LogP contribution in [0.1, 0.15) is 76.2 Å². The second-order valence-electron chi connectivity index (χ2n) is 8.34. The Hall–Kier alpha value is -0.780. The van der Waals surface area contributed by atoms with Gasteiger partial charge < -0.3 is 0 Å². The minimum atomic E-state index is -9.56. The van der Waals surface area contributed by atoms with Crippen molar-refractivity contribution in [2.75, 3.05) is 0 Å². The molecular formula is C20H29F5S. The zero-order valence-electron chi connectivity index (χ0n) is 15.3. The number of hydrogen-bond donors (Lipinski definition) is 0. The topological polar surface area (TPSA) is 0 Å². The summed E-state index contributed by atoms with van der Waals surface area (Å²) in [6.45, 7) is 2.26. The molecule has 0 heterocycles. The standard InChI is InChI=1S/C20H29F5S/c1-2-15-3-5-16(6-4-15)17-7-9-18(10-8-17)19-11-13-20(14-12-19)26(21,22,23,24)25/h11-18H,2-10H2,1H3/t15-,16-,17-,18-. The van der Waals surface area contributed by atoms with Gasteiger partial charge in [0, 0.05) is 0 Å². The van der Waals surface area contributed by atoms with Gasteiger partial charge in [0.05, 0.1) is 0 Å². The SMILES string of the molecule is CC[C@H]1CC[C@H]([C@H]2CC[C@H](c3ccc(S(F)(F)(F)(F)F)cc3)CC2)CC1. The average Bonchev–Trinajstić information content (AvgIpc) is 2.60. The van der Waals surface area contributed by atoms with Crippen LogP contribution in [0.3, 0.4) is 0 Å². The summed E-state index contributed by atoms with van der Waals surface area (Å²) < 4.78 is 64.2. The van der Waals surface area contributed by atoms with Gasteiger partial charge in [-0.2, -0.15) is 0 Å². The molecule has 0 nitrogen and oxygen atoms in total. The molecule has 0 radical (unpaired) electrons. The molecule has 0 aliphatic heterocycles. The van der Waals surface area contributed by atoms with E-state index < -0.39 is 15.1 Å². The van der Waals surface area contributed by atoms with E-state index in [0.717, 1.165) is 49.0 Å². The van der Waals surface area contributed by atoms with Crippen molar-refractivity contribution in [1.29, 1.82) is 0 Å². The van der Waals surface area contributed by atoms with Crippen LogP contribution in [0.5, 0.6) is 0 Å². The largest absolute Gasteiger partial charge is 0.310 e. The molecule has 150 valence electrons. The second kappa shape index (κ2) is 6.39. The van der Waals surface area contributed by atoms with E-state index in [0.29, 0.717) is 12.1 Å². The molecule has 2 aliphatic carbocycles. The zero-order chi connectivity index (χ0) is 19.1. The maximum absolute atomic E-state index is 12.8. The van der Waals surface area contributed by atoms with Gasteiger partial charge in [0.25, 0.3) is 0 Å². The second-order valence-corrected chi connectivity index (χ2v) is 10.7. The lowest BCUT2D eigenvalue weighted by Crippen LogP contribution is -2.25. The summed E-state index contributed by atoms with van der Waals surface area (Å²) in [4.78, 5) is -1.78. The van der Waals surface area contributed by atoms with Crippen LogP contribution in [0.2, 0.25) is 0 Å². The highest BCUT2D eigenvalue weighted by molar-refractivity contribution is 8.45. The first-order valence-electron chi connectivity index (χ1n) is 9.80. The lowest BCUT2D eigenvalue weighted by molar-refractivity contribution is 0.158. The molecule has 0 atom stereocenters. The summed E-state index contributed by atoms with van der Waals surface area (Å²) in [7, 11) is -9.56. The van der Waals surface area contributed by atoms with Gasteiger partial charge in [-0.1, -0.05) is 57.7 Å². The predicted octanol–water partition coefficient (Wildman–Crippen LogP) is 8.83. The maximum Gasteiger partial charge on any atom is 0.310 e. The fourth-order valence-corrected chi connectivity index (χ4v) is 5.64. The fraction of sp³-hybridized carbons (Fsp3) is 0.700. The third-order valence-electron chi connectivity index (χ3n) is 6.70. The molecule has 0 bridgehead atoms. The Morgan fingerprint density at radius 1 is 0.731 bits per heavy atom. The van der Waals surface area contributed by atoms with Gasteiger partial charge in [0.2, 0.25) is 0 Å². The molecule has 1 aromatic rings. The zero-order valence-corrected chi connectivity index (χ0v) is 16.1. The first-order chi connectivity index (χ1) is 12.0. The summed E-state index contributed by atoms with van der Waals surface area (Å²) in [6, 6.07) is 3.64. The molecule has 0 unspecified atom stereocenters. The van der Waals surface area contributed by atoms with Crippen molar-refractivity contribution in [2.45, 2.75) is 75.5 Å². The number of rotatable bonds is 4. The Morgan fingerprint density at radius 3 is 1.62 bits per heavy atom. The maximum atomic E-state index is 12.8. The predicted molar refractivity (Wildman–Crippen MR) is 98.3 cm³/mol. The summed E-state index contributed by atoms with van der Waals surface area (Å²) in [5.41, 5.74) is 0.767. The van der Waals surface area contributed by atoms with Gasteiger partial charge in [-0.3, -0.25) is 0 Å². The van der Waals surface area contributed by atoms with Gasteiger partial charge in [-0.15, -0.1) is 0 Å². The molecule has 2 aliphatic rings. The summed E-state index contributed by atoms with van der Waals surface area (Å²) in [5.74, 6) is 2.61. The lowest BCUT2D eigenvalue weighted by atomic mass is 9.68. The van der Waals surface area contributed by atoms with Crippen molar-refractivity contribution < 1.29 is 19.4 Å². The fourth-order valence-electron chi connectivity index (χ4n) is 4.99. The van der Waals surface area contributed by atoms with E-state index in [-0.39, 0.29) is 5.92 Å². The Bertz CT molecular complexity index is 606. The minimum absolute atomic E-state index is 0.200. The molecule has 3 rings (SSSR count). The van der Waals surface area contributed by atoms with Gasteiger partial charge in [-0.25, -0.2) is 0 Å². The summed E-state index contributed by atoms with van der Waals surface area (Å²) in [5, 5.41) is 0. The monoisotopic (exact) mass is 396 g/mol. The van der Waals surface area contributed by atoms with Crippen molar-refractivity contribution in [3.05, 3.63) is 29.8 Å². The minimum Gasteiger partial charge on any atom is -0.0936 e. The third-order valence-corrected chi connectivity index (χ3v) is 7.87. The molecule has 0 spiro atoms. The van der Waals surface area contributed by atoms with Crippen LogP contribution < -0.4 is 0 Å². The van der Waals surface area contributed by atoms with E-state index >= 15 is 0 Å². The Labute approximate surface area is 153 Å². The molecule has 6 heteroatoms. The molecule has 0 aromatic heterocycles. The van der Waals surface area contributed by atoms with E-state index in [1.165, 1.54) is 44.2 Å². The Morgan fingerprint density at radius 2 is 1.19 bits per heavy atom. The van der Waals surface area contributed by atoms with E-state index in [9.17, 15) is 19.4 Å². The van der Waals surface area contributed by atoms with E-state index in [4.69, 9.17) is 0 Å². The first-order valence-corrected chi connectivity index (χ1v) is 11.8. The smallest absolute Gasteiger partial charge is 0.0936 e.